The van der Waals surface area contributed by atoms with Crippen molar-refractivity contribution in [2.45, 2.75) is 53.6 Å². The number of benzene rings is 1. The number of carbonyl (C=O) groups is 1. The van der Waals surface area contributed by atoms with Gasteiger partial charge in [0.2, 0.25) is 0 Å². The Morgan fingerprint density at radius 1 is 1.14 bits per heavy atom. The van der Waals surface area contributed by atoms with Crippen LogP contribution in [-0.2, 0) is 4.74 Å². The number of carbonyl (C=O) groups excluding carboxylic acids is 1. The summed E-state index contributed by atoms with van der Waals surface area (Å²) in [6, 6.07) is 7.10. The number of halogens is 3. The smallest absolute Gasteiger partial charge is 0.405 e. The SMILES string of the molecule is CC(C)(C)OC(N)=O.CC(C)CC(C)COc1ccc(-c2ccnc3cc(F)cc(F)c23)nc1Cl. The third kappa shape index (κ3) is 8.94. The first-order valence-electron chi connectivity index (χ1n) is 11.3. The summed E-state index contributed by atoms with van der Waals surface area (Å²) in [6.45, 7) is 12.3. The van der Waals surface area contributed by atoms with Crippen LogP contribution in [0.5, 0.6) is 5.75 Å². The van der Waals surface area contributed by atoms with Crippen molar-refractivity contribution in [3.8, 4) is 17.0 Å². The van der Waals surface area contributed by atoms with E-state index >= 15 is 0 Å². The van der Waals surface area contributed by atoms with Gasteiger partial charge in [0.15, 0.2) is 10.9 Å². The minimum atomic E-state index is -0.725. The van der Waals surface area contributed by atoms with Gasteiger partial charge < -0.3 is 15.2 Å². The summed E-state index contributed by atoms with van der Waals surface area (Å²) in [5, 5.41) is 0.415. The highest BCUT2D eigenvalue weighted by Gasteiger charge is 2.15. The number of amides is 1. The van der Waals surface area contributed by atoms with Gasteiger partial charge in [-0.15, -0.1) is 0 Å². The third-order valence-electron chi connectivity index (χ3n) is 4.65. The highest BCUT2D eigenvalue weighted by molar-refractivity contribution is 6.31. The maximum absolute atomic E-state index is 14.3. The molecule has 0 spiro atoms. The Morgan fingerprint density at radius 2 is 1.83 bits per heavy atom. The van der Waals surface area contributed by atoms with Crippen LogP contribution >= 0.6 is 11.6 Å². The van der Waals surface area contributed by atoms with Crippen LogP contribution in [0.2, 0.25) is 5.15 Å². The van der Waals surface area contributed by atoms with Crippen LogP contribution < -0.4 is 10.5 Å². The van der Waals surface area contributed by atoms with Crippen LogP contribution in [0.3, 0.4) is 0 Å². The fourth-order valence-corrected chi connectivity index (χ4v) is 3.71. The molecule has 0 saturated carbocycles. The molecule has 9 heteroatoms. The Bertz CT molecular complexity index is 1170. The lowest BCUT2D eigenvalue weighted by molar-refractivity contribution is 0.0600. The van der Waals surface area contributed by atoms with E-state index in [0.29, 0.717) is 35.4 Å². The van der Waals surface area contributed by atoms with Crippen molar-refractivity contribution >= 4 is 28.6 Å². The standard InChI is InChI=1S/C21H21ClF2N2O.C5H11NO2/c1-12(2)8-13(3)11-27-19-5-4-17(26-21(19)22)15-6-7-25-18-10-14(23)9-16(24)20(15)18;1-5(2,3)8-4(6)7/h4-7,9-10,12-13H,8,11H2,1-3H3;1-3H3,(H2,6,7). The van der Waals surface area contributed by atoms with E-state index in [4.69, 9.17) is 22.1 Å². The Morgan fingerprint density at radius 3 is 2.37 bits per heavy atom. The van der Waals surface area contributed by atoms with Crippen LogP contribution in [0.1, 0.15) is 48.0 Å². The summed E-state index contributed by atoms with van der Waals surface area (Å²) >= 11 is 6.28. The van der Waals surface area contributed by atoms with E-state index < -0.39 is 23.3 Å². The van der Waals surface area contributed by atoms with Crippen LogP contribution in [0, 0.1) is 23.5 Å². The summed E-state index contributed by atoms with van der Waals surface area (Å²) in [6.07, 6.45) is 1.82. The molecule has 3 rings (SSSR count). The molecule has 1 unspecified atom stereocenters. The lowest BCUT2D eigenvalue weighted by Crippen LogP contribution is -2.27. The second-order valence-corrected chi connectivity index (χ2v) is 10.1. The van der Waals surface area contributed by atoms with Crippen LogP contribution in [0.4, 0.5) is 13.6 Å². The Kier molecular flexibility index (Phi) is 9.77. The van der Waals surface area contributed by atoms with Crippen molar-refractivity contribution in [3.63, 3.8) is 0 Å². The molecule has 6 nitrogen and oxygen atoms in total. The molecule has 0 aliphatic carbocycles. The van der Waals surface area contributed by atoms with Gasteiger partial charge in [-0.05, 0) is 57.2 Å². The molecular formula is C26H32ClF2N3O3. The largest absolute Gasteiger partial charge is 0.490 e. The number of hydrogen-bond donors (Lipinski definition) is 1. The number of nitrogens with two attached hydrogens (primary N) is 1. The van der Waals surface area contributed by atoms with Gasteiger partial charge in [-0.25, -0.2) is 18.6 Å². The Hall–Kier alpha value is -3.00. The van der Waals surface area contributed by atoms with E-state index in [9.17, 15) is 13.6 Å². The number of rotatable bonds is 6. The van der Waals surface area contributed by atoms with Crippen LogP contribution in [-0.4, -0.2) is 28.3 Å². The zero-order valence-electron chi connectivity index (χ0n) is 20.9. The van der Waals surface area contributed by atoms with E-state index in [2.05, 4.69) is 35.5 Å². The quantitative estimate of drug-likeness (QED) is 0.357. The second kappa shape index (κ2) is 12.1. The number of ether oxygens (including phenoxy) is 2. The van der Waals surface area contributed by atoms with Crippen molar-refractivity contribution in [3.05, 3.63) is 53.3 Å². The fraction of sp³-hybridized carbons (Fsp3) is 0.423. The summed E-state index contributed by atoms with van der Waals surface area (Å²) in [4.78, 5) is 18.4. The van der Waals surface area contributed by atoms with E-state index in [0.717, 1.165) is 12.5 Å². The van der Waals surface area contributed by atoms with Crippen molar-refractivity contribution in [2.24, 2.45) is 17.6 Å². The molecule has 190 valence electrons. The fourth-order valence-electron chi connectivity index (χ4n) is 3.50. The molecule has 1 aromatic carbocycles. The van der Waals surface area contributed by atoms with Gasteiger partial charge in [0.25, 0.3) is 0 Å². The molecule has 1 atom stereocenters. The van der Waals surface area contributed by atoms with E-state index in [1.165, 1.54) is 12.3 Å². The number of hydrogen-bond acceptors (Lipinski definition) is 5. The predicted octanol–water partition coefficient (Wildman–Crippen LogP) is 7.17. The molecular weight excluding hydrogens is 476 g/mol. The highest BCUT2D eigenvalue weighted by atomic mass is 35.5. The van der Waals surface area contributed by atoms with Gasteiger partial charge >= 0.3 is 6.09 Å². The minimum absolute atomic E-state index is 0.205. The number of fused-ring (bicyclic) bond motifs is 1. The molecule has 0 saturated heterocycles. The first-order valence-corrected chi connectivity index (χ1v) is 11.7. The minimum Gasteiger partial charge on any atom is -0.490 e. The van der Waals surface area contributed by atoms with Crippen LogP contribution in [0.25, 0.3) is 22.2 Å². The maximum Gasteiger partial charge on any atom is 0.405 e. The molecule has 0 aliphatic rings. The van der Waals surface area contributed by atoms with E-state index in [1.54, 1.807) is 39.0 Å². The van der Waals surface area contributed by atoms with Gasteiger partial charge in [-0.3, -0.25) is 4.98 Å². The van der Waals surface area contributed by atoms with Crippen molar-refractivity contribution in [2.75, 3.05) is 6.61 Å². The molecule has 0 bridgehead atoms. The van der Waals surface area contributed by atoms with Crippen LogP contribution in [0.15, 0.2) is 36.5 Å². The van der Waals surface area contributed by atoms with E-state index in [1.807, 2.05) is 0 Å². The van der Waals surface area contributed by atoms with Crippen molar-refractivity contribution in [1.82, 2.24) is 9.97 Å². The average Bonchev–Trinajstić information content (AvgIpc) is 2.70. The monoisotopic (exact) mass is 507 g/mol. The molecule has 0 fully saturated rings. The zero-order chi connectivity index (χ0) is 26.3. The van der Waals surface area contributed by atoms with Crippen molar-refractivity contribution < 1.29 is 23.0 Å². The lowest BCUT2D eigenvalue weighted by Gasteiger charge is -2.16. The topological polar surface area (TPSA) is 87.3 Å². The number of aromatic nitrogens is 2. The molecule has 2 aromatic heterocycles. The molecule has 35 heavy (non-hydrogen) atoms. The summed E-state index contributed by atoms with van der Waals surface area (Å²) in [7, 11) is 0. The maximum atomic E-state index is 14.3. The first-order chi connectivity index (χ1) is 16.3. The van der Waals surface area contributed by atoms with Crippen molar-refractivity contribution in [1.29, 1.82) is 0 Å². The molecule has 0 radical (unpaired) electrons. The third-order valence-corrected chi connectivity index (χ3v) is 4.92. The van der Waals surface area contributed by atoms with Gasteiger partial charge in [-0.2, -0.15) is 0 Å². The summed E-state index contributed by atoms with van der Waals surface area (Å²) in [5.74, 6) is 0.123. The van der Waals surface area contributed by atoms with Gasteiger partial charge in [0, 0.05) is 29.3 Å². The van der Waals surface area contributed by atoms with E-state index in [-0.39, 0.29) is 16.1 Å². The van der Waals surface area contributed by atoms with Gasteiger partial charge in [-0.1, -0.05) is 32.4 Å². The molecule has 3 aromatic rings. The molecule has 2 N–H and O–H groups in total. The first kappa shape index (κ1) is 28.2. The number of nitrogens with zero attached hydrogens (tertiary/aromatic N) is 2. The van der Waals surface area contributed by atoms with Gasteiger partial charge in [0.1, 0.15) is 17.2 Å². The number of pyridine rings is 2. The molecule has 1 amide bonds. The highest BCUT2D eigenvalue weighted by Crippen LogP contribution is 2.32. The predicted molar refractivity (Wildman–Crippen MR) is 134 cm³/mol. The second-order valence-electron chi connectivity index (χ2n) is 9.70. The summed E-state index contributed by atoms with van der Waals surface area (Å²) < 4.78 is 38.1. The Balaban J connectivity index is 0.000000466. The Labute approximate surface area is 209 Å². The molecule has 0 aliphatic heterocycles. The average molecular weight is 508 g/mol. The number of primary amides is 1. The normalized spacial score (nSPS) is 12.2. The van der Waals surface area contributed by atoms with Gasteiger partial charge in [0.05, 0.1) is 17.8 Å². The lowest BCUT2D eigenvalue weighted by atomic mass is 10.00. The summed E-state index contributed by atoms with van der Waals surface area (Å²) in [5.41, 5.74) is 5.46. The molecule has 2 heterocycles. The zero-order valence-corrected chi connectivity index (χ0v) is 21.6.